The maximum atomic E-state index is 12.9. The van der Waals surface area contributed by atoms with E-state index in [0.29, 0.717) is 23.4 Å². The fourth-order valence-electron chi connectivity index (χ4n) is 3.78. The highest BCUT2D eigenvalue weighted by Gasteiger charge is 2.54. The van der Waals surface area contributed by atoms with Crippen molar-refractivity contribution in [3.05, 3.63) is 59.3 Å². The van der Waals surface area contributed by atoms with E-state index in [1.165, 1.54) is 23.8 Å². The van der Waals surface area contributed by atoms with Crippen molar-refractivity contribution in [3.8, 4) is 0 Å². The van der Waals surface area contributed by atoms with Crippen molar-refractivity contribution >= 4 is 57.8 Å². The van der Waals surface area contributed by atoms with Gasteiger partial charge in [0.15, 0.2) is 24.1 Å². The minimum absolute atomic E-state index is 0.0496. The number of hydrogen-bond acceptors (Lipinski definition) is 11. The lowest BCUT2D eigenvalue weighted by atomic mass is 10.0. The largest absolute Gasteiger partial charge is 0.477 e. The third kappa shape index (κ3) is 5.35. The molecule has 0 spiro atoms. The molecule has 0 saturated carbocycles. The first-order valence-corrected chi connectivity index (χ1v) is 12.9. The second kappa shape index (κ2) is 11.4. The molecule has 2 atom stereocenters. The van der Waals surface area contributed by atoms with Gasteiger partial charge < -0.3 is 26.3 Å². The van der Waals surface area contributed by atoms with Gasteiger partial charge in [0, 0.05) is 36.5 Å². The van der Waals surface area contributed by atoms with E-state index in [9.17, 15) is 24.3 Å². The van der Waals surface area contributed by atoms with Gasteiger partial charge in [-0.3, -0.25) is 19.3 Å². The summed E-state index contributed by atoms with van der Waals surface area (Å²) in [6.07, 6.45) is 6.89. The van der Waals surface area contributed by atoms with Crippen molar-refractivity contribution in [1.82, 2.24) is 24.9 Å². The summed E-state index contributed by atoms with van der Waals surface area (Å²) < 4.78 is 5.75. The van der Waals surface area contributed by atoms with Crippen LogP contribution in [-0.4, -0.2) is 80.1 Å². The highest BCUT2D eigenvalue weighted by molar-refractivity contribution is 8.00. The molecule has 14 nitrogen and oxygen atoms in total. The van der Waals surface area contributed by atoms with Gasteiger partial charge in [-0.1, -0.05) is 11.2 Å². The number of aliphatic carboxylic acids is 1. The Kier molecular flexibility index (Phi) is 8.02. The Labute approximate surface area is 224 Å². The first-order chi connectivity index (χ1) is 18.2. The minimum atomic E-state index is -1.25. The average Bonchev–Trinajstić information content (AvgIpc) is 3.35. The zero-order chi connectivity index (χ0) is 27.4. The first-order valence-electron chi connectivity index (χ1n) is 11.1. The van der Waals surface area contributed by atoms with Crippen LogP contribution in [0.1, 0.15) is 16.2 Å². The molecule has 1 fully saturated rings. The maximum absolute atomic E-state index is 12.9. The fraction of sp³-hybridized carbons (Fsp3) is 0.273. The van der Waals surface area contributed by atoms with Crippen LogP contribution in [0.15, 0.2) is 53.1 Å². The van der Waals surface area contributed by atoms with Crippen molar-refractivity contribution < 1.29 is 33.7 Å². The number of carboxylic acid groups (broad SMARTS) is 1. The number of rotatable bonds is 9. The molecule has 0 aromatic carbocycles. The molecular weight excluding hydrogens is 536 g/mol. The van der Waals surface area contributed by atoms with Crippen molar-refractivity contribution in [2.24, 2.45) is 5.16 Å². The minimum Gasteiger partial charge on any atom is -0.477 e. The molecule has 4 rings (SSSR count). The van der Waals surface area contributed by atoms with Crippen LogP contribution in [0.5, 0.6) is 0 Å². The Hall–Kier alpha value is -4.31. The standard InChI is InChI=1S/C22H22N8O6S2/c1-24-17(31)11-5-8-29(9-6-11)7-3-4-12-10-37-20-14(19(33)30(20)15(12)21(34)35)25-18(32)13(27-36-2)16-26-22(23)38-28-16/h3-6,8-9,14,20H,7,10H2,1-2H3,(H4-,23,24,25,26,28,31,32,34,35)/p+1/b4-3+,27-13-/t14?,20-/m1/s1. The smallest absolute Gasteiger partial charge is 0.352 e. The van der Waals surface area contributed by atoms with Gasteiger partial charge in [0.25, 0.3) is 17.7 Å². The lowest BCUT2D eigenvalue weighted by Gasteiger charge is -2.49. The zero-order valence-electron chi connectivity index (χ0n) is 20.2. The summed E-state index contributed by atoms with van der Waals surface area (Å²) >= 11 is 2.19. The van der Waals surface area contributed by atoms with Crippen molar-refractivity contribution in [3.63, 3.8) is 0 Å². The fourth-order valence-corrected chi connectivity index (χ4v) is 5.53. The summed E-state index contributed by atoms with van der Waals surface area (Å²) in [5, 5.41) is 18.1. The van der Waals surface area contributed by atoms with E-state index in [1.54, 1.807) is 43.7 Å². The number of allylic oxidation sites excluding steroid dienone is 2. The van der Waals surface area contributed by atoms with Crippen LogP contribution in [0.3, 0.4) is 0 Å². The number of β-lactam (4-membered cyclic amide) rings is 1. The number of aromatic nitrogens is 3. The highest BCUT2D eigenvalue weighted by Crippen LogP contribution is 2.40. The van der Waals surface area contributed by atoms with Crippen molar-refractivity contribution in [2.75, 3.05) is 25.6 Å². The van der Waals surface area contributed by atoms with E-state index in [0.717, 1.165) is 11.5 Å². The number of carbonyl (C=O) groups is 4. The van der Waals surface area contributed by atoms with Gasteiger partial charge in [-0.15, -0.1) is 11.8 Å². The second-order valence-electron chi connectivity index (χ2n) is 7.88. The number of oxime groups is 1. The Morgan fingerprint density at radius 1 is 1.37 bits per heavy atom. The number of nitrogen functional groups attached to an aromatic ring is 1. The molecule has 2 aromatic rings. The van der Waals surface area contributed by atoms with Gasteiger partial charge >= 0.3 is 5.97 Å². The van der Waals surface area contributed by atoms with Crippen LogP contribution in [0, 0.1) is 0 Å². The molecular formula is C22H23N8O6S2+. The molecule has 4 heterocycles. The van der Waals surface area contributed by atoms with E-state index in [2.05, 4.69) is 25.1 Å². The van der Waals surface area contributed by atoms with Crippen molar-refractivity contribution in [2.45, 2.75) is 18.0 Å². The number of anilines is 1. The maximum Gasteiger partial charge on any atom is 0.352 e. The number of carbonyl (C=O) groups excluding carboxylic acids is 3. The van der Waals surface area contributed by atoms with Crippen LogP contribution in [0.25, 0.3) is 0 Å². The molecule has 38 heavy (non-hydrogen) atoms. The van der Waals surface area contributed by atoms with E-state index >= 15 is 0 Å². The van der Waals surface area contributed by atoms with Gasteiger partial charge in [0.1, 0.15) is 24.2 Å². The lowest BCUT2D eigenvalue weighted by Crippen LogP contribution is -2.71. The van der Waals surface area contributed by atoms with Crippen molar-refractivity contribution in [1.29, 1.82) is 0 Å². The number of hydrogen-bond donors (Lipinski definition) is 4. The van der Waals surface area contributed by atoms with Crippen LogP contribution < -0.4 is 20.9 Å². The highest BCUT2D eigenvalue weighted by atomic mass is 32.2. The Bertz CT molecular complexity index is 1370. The van der Waals surface area contributed by atoms with Gasteiger partial charge in [0.05, 0.1) is 5.56 Å². The summed E-state index contributed by atoms with van der Waals surface area (Å²) in [6.45, 7) is 0.419. The summed E-state index contributed by atoms with van der Waals surface area (Å²) in [4.78, 5) is 59.3. The predicted octanol–water partition coefficient (Wildman–Crippen LogP) is -0.887. The molecule has 5 N–H and O–H groups in total. The Morgan fingerprint density at radius 2 is 2.11 bits per heavy atom. The van der Waals surface area contributed by atoms with Gasteiger partial charge in [0.2, 0.25) is 11.5 Å². The molecule has 0 aliphatic carbocycles. The SMILES string of the molecule is CNC(=O)c1cc[n+](C/C=C/C2=C(C(=O)O)N3C(=O)C(NC(=O)/C(=N\OC)c4nsc(N)n4)[C@H]3SC2)cc1. The van der Waals surface area contributed by atoms with E-state index < -0.39 is 29.2 Å². The molecule has 2 aliphatic heterocycles. The van der Waals surface area contributed by atoms with Crippen LogP contribution in [-0.2, 0) is 25.8 Å². The summed E-state index contributed by atoms with van der Waals surface area (Å²) in [5.74, 6) is -2.51. The predicted molar refractivity (Wildman–Crippen MR) is 137 cm³/mol. The second-order valence-corrected chi connectivity index (χ2v) is 9.77. The monoisotopic (exact) mass is 559 g/mol. The van der Waals surface area contributed by atoms with Crippen LogP contribution in [0.4, 0.5) is 5.13 Å². The molecule has 2 aliphatic rings. The van der Waals surface area contributed by atoms with Gasteiger partial charge in [-0.25, -0.2) is 9.36 Å². The van der Waals surface area contributed by atoms with E-state index in [4.69, 9.17) is 10.6 Å². The lowest BCUT2D eigenvalue weighted by molar-refractivity contribution is -0.687. The number of pyridine rings is 1. The topological polar surface area (TPSA) is 193 Å². The molecule has 1 unspecified atom stereocenters. The number of thioether (sulfide) groups is 1. The summed E-state index contributed by atoms with van der Waals surface area (Å²) in [7, 11) is 2.79. The molecule has 0 bridgehead atoms. The molecule has 16 heteroatoms. The zero-order valence-corrected chi connectivity index (χ0v) is 21.8. The van der Waals surface area contributed by atoms with E-state index in [-0.39, 0.29) is 28.3 Å². The quantitative estimate of drug-likeness (QED) is 0.130. The van der Waals surface area contributed by atoms with E-state index in [1.807, 2.05) is 4.57 Å². The van der Waals surface area contributed by atoms with Crippen LogP contribution in [0.2, 0.25) is 0 Å². The third-order valence-corrected chi connectivity index (χ3v) is 7.40. The average molecular weight is 560 g/mol. The van der Waals surface area contributed by atoms with Gasteiger partial charge in [-0.05, 0) is 11.6 Å². The molecule has 3 amide bonds. The first kappa shape index (κ1) is 26.7. The summed E-state index contributed by atoms with van der Waals surface area (Å²) in [6, 6.07) is 2.37. The Morgan fingerprint density at radius 3 is 2.71 bits per heavy atom. The molecule has 2 aromatic heterocycles. The van der Waals surface area contributed by atoms with Crippen LogP contribution >= 0.6 is 23.3 Å². The number of carboxylic acids is 1. The molecule has 0 radical (unpaired) electrons. The van der Waals surface area contributed by atoms with Gasteiger partial charge in [-0.2, -0.15) is 9.36 Å². The number of nitrogens with two attached hydrogens (primary N) is 1. The number of nitrogens with one attached hydrogen (secondary N) is 2. The Balaban J connectivity index is 1.46. The number of nitrogens with zero attached hydrogens (tertiary/aromatic N) is 5. The third-order valence-electron chi connectivity index (χ3n) is 5.55. The molecule has 198 valence electrons. The molecule has 1 saturated heterocycles. The number of amides is 3. The summed E-state index contributed by atoms with van der Waals surface area (Å²) in [5.41, 5.74) is 6.16. The normalized spacial score (nSPS) is 19.2. The number of fused-ring (bicyclic) bond motifs is 1.